The first-order valence-electron chi connectivity index (χ1n) is 10.2. The lowest BCUT2D eigenvalue weighted by molar-refractivity contribution is 0.628. The second-order valence-electron chi connectivity index (χ2n) is 7.62. The van der Waals surface area contributed by atoms with Crippen LogP contribution in [0.5, 0.6) is 0 Å². The second kappa shape index (κ2) is 8.95. The van der Waals surface area contributed by atoms with Gasteiger partial charge in [-0.2, -0.15) is 10.2 Å². The number of benzene rings is 3. The fraction of sp³-hybridized carbons (Fsp3) is 0.250. The summed E-state index contributed by atoms with van der Waals surface area (Å²) in [5.41, 5.74) is 13.3. The van der Waals surface area contributed by atoms with Crippen LogP contribution in [0.25, 0.3) is 0 Å². The molecule has 0 amide bonds. The molecule has 154 valence electrons. The molecular formula is C24H26FN5. The molecule has 0 aromatic heterocycles. The monoisotopic (exact) mass is 403 g/mol. The predicted octanol–water partition coefficient (Wildman–Crippen LogP) is 6.90. The van der Waals surface area contributed by atoms with E-state index in [1.807, 2.05) is 26.0 Å². The number of halogens is 1. The van der Waals surface area contributed by atoms with Gasteiger partial charge < -0.3 is 15.8 Å². The number of anilines is 3. The molecule has 6 heteroatoms. The molecule has 1 aliphatic heterocycles. The zero-order valence-electron chi connectivity index (χ0n) is 17.3. The lowest BCUT2D eigenvalue weighted by Crippen LogP contribution is -2.17. The van der Waals surface area contributed by atoms with E-state index in [9.17, 15) is 4.39 Å². The van der Waals surface area contributed by atoms with E-state index in [4.69, 9.17) is 0 Å². The Hall–Kier alpha value is -3.41. The molecule has 1 saturated heterocycles. The van der Waals surface area contributed by atoms with Crippen LogP contribution >= 0.6 is 0 Å². The molecule has 5 nitrogen and oxygen atoms in total. The van der Waals surface area contributed by atoms with E-state index in [-0.39, 0.29) is 5.82 Å². The van der Waals surface area contributed by atoms with E-state index < -0.39 is 0 Å². The average molecular weight is 404 g/mol. The Balaban J connectivity index is 1.41. The first kappa shape index (κ1) is 19.9. The molecule has 0 aliphatic carbocycles. The van der Waals surface area contributed by atoms with Crippen molar-refractivity contribution >= 4 is 28.4 Å². The minimum absolute atomic E-state index is 0.283. The van der Waals surface area contributed by atoms with Crippen LogP contribution < -0.4 is 15.8 Å². The van der Waals surface area contributed by atoms with Crippen LogP contribution in [0.2, 0.25) is 0 Å². The first-order valence-corrected chi connectivity index (χ1v) is 10.2. The normalized spacial score (nSPS) is 13.8. The summed E-state index contributed by atoms with van der Waals surface area (Å²) in [7, 11) is 0. The van der Waals surface area contributed by atoms with Gasteiger partial charge in [-0.25, -0.2) is 4.39 Å². The van der Waals surface area contributed by atoms with Crippen LogP contribution in [0.4, 0.5) is 32.8 Å². The summed E-state index contributed by atoms with van der Waals surface area (Å²) < 4.78 is 13.0. The average Bonchev–Trinajstić information content (AvgIpc) is 3.29. The van der Waals surface area contributed by atoms with Crippen molar-refractivity contribution in [3.8, 4) is 0 Å². The highest BCUT2D eigenvalue weighted by Crippen LogP contribution is 2.29. The molecule has 0 atom stereocenters. The maximum absolute atomic E-state index is 13.0. The largest absolute Gasteiger partial charge is 0.372 e. The van der Waals surface area contributed by atoms with Gasteiger partial charge in [-0.1, -0.05) is 0 Å². The van der Waals surface area contributed by atoms with Gasteiger partial charge >= 0.3 is 0 Å². The zero-order chi connectivity index (χ0) is 20.9. The van der Waals surface area contributed by atoms with Crippen molar-refractivity contribution in [2.45, 2.75) is 26.7 Å². The molecule has 4 rings (SSSR count). The molecule has 2 N–H and O–H groups in total. The molecule has 3 aromatic rings. The Morgan fingerprint density at radius 3 is 2.20 bits per heavy atom. The molecule has 0 radical (unpaired) electrons. The molecule has 0 unspecified atom stereocenters. The summed E-state index contributed by atoms with van der Waals surface area (Å²) in [5, 5.41) is 8.52. The highest BCUT2D eigenvalue weighted by Gasteiger charge is 2.11. The highest BCUT2D eigenvalue weighted by molar-refractivity contribution is 5.64. The third-order valence-corrected chi connectivity index (χ3v) is 5.32. The fourth-order valence-electron chi connectivity index (χ4n) is 3.53. The van der Waals surface area contributed by atoms with Crippen molar-refractivity contribution in [2.24, 2.45) is 10.2 Å². The Labute approximate surface area is 176 Å². The summed E-state index contributed by atoms with van der Waals surface area (Å²) in [4.78, 5) is 2.42. The van der Waals surface area contributed by atoms with Gasteiger partial charge in [0.1, 0.15) is 5.82 Å². The van der Waals surface area contributed by atoms with E-state index in [0.717, 1.165) is 41.3 Å². The minimum Gasteiger partial charge on any atom is -0.372 e. The molecule has 1 fully saturated rings. The Morgan fingerprint density at radius 1 is 0.800 bits per heavy atom. The minimum atomic E-state index is -0.283. The van der Waals surface area contributed by atoms with Crippen molar-refractivity contribution < 1.29 is 4.39 Å². The van der Waals surface area contributed by atoms with Gasteiger partial charge in [0.05, 0.1) is 22.7 Å². The molecular weight excluding hydrogens is 377 g/mol. The second-order valence-corrected chi connectivity index (χ2v) is 7.62. The zero-order valence-corrected chi connectivity index (χ0v) is 17.3. The third-order valence-electron chi connectivity index (χ3n) is 5.32. The van der Waals surface area contributed by atoms with Gasteiger partial charge in [-0.3, -0.25) is 0 Å². The quantitative estimate of drug-likeness (QED) is 0.348. The summed E-state index contributed by atoms with van der Waals surface area (Å²) in [6.07, 6.45) is 2.55. The Bertz CT molecular complexity index is 1020. The molecule has 3 aromatic carbocycles. The maximum atomic E-state index is 13.0. The van der Waals surface area contributed by atoms with E-state index in [2.05, 4.69) is 50.2 Å². The number of nitrogens with zero attached hydrogens (tertiary/aromatic N) is 3. The highest BCUT2D eigenvalue weighted by atomic mass is 19.1. The molecule has 0 bridgehead atoms. The summed E-state index contributed by atoms with van der Waals surface area (Å²) in [6, 6.07) is 18.5. The van der Waals surface area contributed by atoms with Gasteiger partial charge in [0.15, 0.2) is 0 Å². The predicted molar refractivity (Wildman–Crippen MR) is 122 cm³/mol. The van der Waals surface area contributed by atoms with E-state index >= 15 is 0 Å². The Morgan fingerprint density at radius 2 is 1.50 bits per heavy atom. The van der Waals surface area contributed by atoms with Crippen LogP contribution in [-0.4, -0.2) is 13.1 Å². The van der Waals surface area contributed by atoms with Crippen molar-refractivity contribution in [3.63, 3.8) is 0 Å². The van der Waals surface area contributed by atoms with E-state index in [1.54, 1.807) is 12.1 Å². The van der Waals surface area contributed by atoms with Crippen molar-refractivity contribution in [3.05, 3.63) is 77.6 Å². The molecule has 30 heavy (non-hydrogen) atoms. The van der Waals surface area contributed by atoms with Gasteiger partial charge in [-0.05, 0) is 98.5 Å². The molecule has 0 saturated carbocycles. The van der Waals surface area contributed by atoms with Crippen molar-refractivity contribution in [1.82, 2.24) is 0 Å². The van der Waals surface area contributed by atoms with Gasteiger partial charge in [0.25, 0.3) is 0 Å². The summed E-state index contributed by atoms with van der Waals surface area (Å²) in [5.74, 6) is -0.283. The van der Waals surface area contributed by atoms with Crippen molar-refractivity contribution in [1.29, 1.82) is 0 Å². The van der Waals surface area contributed by atoms with Gasteiger partial charge in [0.2, 0.25) is 0 Å². The third kappa shape index (κ3) is 4.76. The lowest BCUT2D eigenvalue weighted by atomic mass is 10.1. The number of hydrazine groups is 1. The topological polar surface area (TPSA) is 52.0 Å². The number of rotatable bonds is 6. The van der Waals surface area contributed by atoms with Crippen LogP contribution in [-0.2, 0) is 0 Å². The SMILES string of the molecule is Cc1cc(NNc2ccc(N3CCCC3)cc2)c(C)cc1/N=N/c1ccc(F)cc1. The van der Waals surface area contributed by atoms with Crippen LogP contribution in [0.15, 0.2) is 70.9 Å². The van der Waals surface area contributed by atoms with Gasteiger partial charge in [-0.15, -0.1) is 0 Å². The fourth-order valence-corrected chi connectivity index (χ4v) is 3.53. The number of azo groups is 1. The van der Waals surface area contributed by atoms with E-state index in [0.29, 0.717) is 5.69 Å². The smallest absolute Gasteiger partial charge is 0.123 e. The van der Waals surface area contributed by atoms with Crippen molar-refractivity contribution in [2.75, 3.05) is 28.8 Å². The number of aryl methyl sites for hydroxylation is 2. The molecule has 1 aliphatic rings. The van der Waals surface area contributed by atoms with E-state index in [1.165, 1.54) is 30.7 Å². The number of hydrogen-bond donors (Lipinski definition) is 2. The summed E-state index contributed by atoms with van der Waals surface area (Å²) >= 11 is 0. The van der Waals surface area contributed by atoms with Gasteiger partial charge in [0, 0.05) is 18.8 Å². The molecule has 0 spiro atoms. The lowest BCUT2D eigenvalue weighted by Gasteiger charge is -2.18. The van der Waals surface area contributed by atoms with Crippen LogP contribution in [0.3, 0.4) is 0 Å². The van der Waals surface area contributed by atoms with Crippen LogP contribution in [0, 0.1) is 19.7 Å². The summed E-state index contributed by atoms with van der Waals surface area (Å²) in [6.45, 7) is 6.31. The first-order chi connectivity index (χ1) is 14.6. The maximum Gasteiger partial charge on any atom is 0.123 e. The van der Waals surface area contributed by atoms with Crippen LogP contribution in [0.1, 0.15) is 24.0 Å². The molecule has 1 heterocycles. The number of hydrogen-bond acceptors (Lipinski definition) is 5. The standard InChI is InChI=1S/C24H26FN5/c1-17-16-24(18(2)15-23(17)28-26-20-7-5-19(25)6-8-20)29-27-21-9-11-22(12-10-21)30-13-3-4-14-30/h5-12,15-16,27,29H,3-4,13-14H2,1-2H3/b28-26+. The number of nitrogens with one attached hydrogen (secondary N) is 2. The Kier molecular flexibility index (Phi) is 5.93.